The van der Waals surface area contributed by atoms with Crippen LogP contribution in [0.15, 0.2) is 35.3 Å². The van der Waals surface area contributed by atoms with E-state index in [1.807, 2.05) is 29.5 Å². The topological polar surface area (TPSA) is 89.1 Å². The van der Waals surface area contributed by atoms with Gasteiger partial charge in [0.15, 0.2) is 5.82 Å². The lowest BCUT2D eigenvalue weighted by Crippen LogP contribution is -2.50. The smallest absolute Gasteiger partial charge is 0.251 e. The highest BCUT2D eigenvalue weighted by atomic mass is 32.1. The van der Waals surface area contributed by atoms with Gasteiger partial charge < -0.3 is 20.1 Å². The molecule has 2 N–H and O–H groups in total. The van der Waals surface area contributed by atoms with Gasteiger partial charge in [0.25, 0.3) is 5.95 Å². The number of hydrogen-bond donors (Lipinski definition) is 1. The average Bonchev–Trinajstić information content (AvgIpc) is 3.25. The Bertz CT molecular complexity index is 1370. The van der Waals surface area contributed by atoms with E-state index < -0.39 is 0 Å². The van der Waals surface area contributed by atoms with Crippen LogP contribution in [0.3, 0.4) is 0 Å². The molecule has 1 aromatic carbocycles. The van der Waals surface area contributed by atoms with E-state index in [1.165, 1.54) is 41.9 Å². The van der Waals surface area contributed by atoms with Crippen molar-refractivity contribution in [3.05, 3.63) is 51.9 Å². The van der Waals surface area contributed by atoms with Crippen molar-refractivity contribution in [1.82, 2.24) is 14.9 Å². The first-order chi connectivity index (χ1) is 19.0. The third-order valence-corrected chi connectivity index (χ3v) is 9.49. The molecule has 3 aromatic rings. The second kappa shape index (κ2) is 11.7. The van der Waals surface area contributed by atoms with E-state index in [9.17, 15) is 0 Å². The number of rotatable bonds is 7. The summed E-state index contributed by atoms with van der Waals surface area (Å²) in [4.78, 5) is 20.7. The van der Waals surface area contributed by atoms with Gasteiger partial charge in [-0.05, 0) is 61.8 Å². The largest absolute Gasteiger partial charge is 0.398 e. The van der Waals surface area contributed by atoms with Gasteiger partial charge >= 0.3 is 0 Å². The Morgan fingerprint density at radius 3 is 2.62 bits per heavy atom. The summed E-state index contributed by atoms with van der Waals surface area (Å²) in [5.41, 5.74) is 11.4. The number of anilines is 1. The molecule has 39 heavy (non-hydrogen) atoms. The molecule has 3 fully saturated rings. The summed E-state index contributed by atoms with van der Waals surface area (Å²) >= 11 is 1.84. The highest BCUT2D eigenvalue weighted by Crippen LogP contribution is 2.39. The summed E-state index contributed by atoms with van der Waals surface area (Å²) in [7, 11) is 0. The number of hydrogen-bond acceptors (Lipinski definition) is 9. The van der Waals surface area contributed by atoms with Gasteiger partial charge in [-0.15, -0.1) is 11.3 Å². The van der Waals surface area contributed by atoms with E-state index in [-0.39, 0.29) is 0 Å². The molecule has 206 valence electrons. The number of likely N-dealkylation sites (tertiary alicyclic amines) is 1. The summed E-state index contributed by atoms with van der Waals surface area (Å²) in [6.07, 6.45) is 5.96. The van der Waals surface area contributed by atoms with Crippen LogP contribution in [0, 0.1) is 25.7 Å². The molecule has 5 heterocycles. The van der Waals surface area contributed by atoms with Crippen molar-refractivity contribution in [1.29, 1.82) is 0 Å². The lowest BCUT2D eigenvalue weighted by molar-refractivity contribution is -0.0101. The monoisotopic (exact) mass is 546 g/mol. The van der Waals surface area contributed by atoms with E-state index in [2.05, 4.69) is 40.8 Å². The number of allylic oxidation sites excluding steroid dienone is 1. The van der Waals surface area contributed by atoms with Gasteiger partial charge in [-0.3, -0.25) is 4.90 Å². The zero-order valence-electron chi connectivity index (χ0n) is 22.9. The molecule has 0 bridgehead atoms. The van der Waals surface area contributed by atoms with Crippen LogP contribution in [0.4, 0.5) is 11.8 Å². The first-order valence-corrected chi connectivity index (χ1v) is 14.9. The molecule has 0 unspecified atom stereocenters. The standard InChI is InChI=1S/C30H38N6O2S/c1-20-4-3-5-23(16-20)25(31)6-9-32-30-33-27-21(2)26(19-35-17-24(18-35)22-7-12-37-13-8-22)39-28(27)29(34-30)36-10-14-38-15-11-36/h3-6,9,16,22,24H,7-8,10-15,17-19,31H2,1-2H3/b25-6-,32-9+. The Morgan fingerprint density at radius 1 is 1.08 bits per heavy atom. The van der Waals surface area contributed by atoms with Crippen LogP contribution >= 0.6 is 11.3 Å². The number of aromatic nitrogens is 2. The van der Waals surface area contributed by atoms with Gasteiger partial charge in [-0.1, -0.05) is 23.8 Å². The van der Waals surface area contributed by atoms with Crippen LogP contribution in [-0.2, 0) is 16.0 Å². The highest BCUT2D eigenvalue weighted by molar-refractivity contribution is 7.19. The van der Waals surface area contributed by atoms with Gasteiger partial charge in [-0.2, -0.15) is 4.98 Å². The molecule has 9 heteroatoms. The zero-order valence-corrected chi connectivity index (χ0v) is 23.8. The van der Waals surface area contributed by atoms with Crippen molar-refractivity contribution >= 4 is 45.2 Å². The number of fused-ring (bicyclic) bond motifs is 1. The molecule has 3 aliphatic heterocycles. The first-order valence-electron chi connectivity index (χ1n) is 14.0. The van der Waals surface area contributed by atoms with E-state index in [0.717, 1.165) is 66.3 Å². The Balaban J connectivity index is 1.24. The molecule has 0 saturated carbocycles. The fourth-order valence-corrected chi connectivity index (χ4v) is 7.14. The van der Waals surface area contributed by atoms with Gasteiger partial charge in [0.2, 0.25) is 0 Å². The molecule has 0 amide bonds. The Labute approximate surface area is 234 Å². The molecule has 0 radical (unpaired) electrons. The predicted molar refractivity (Wildman–Crippen MR) is 159 cm³/mol. The first kappa shape index (κ1) is 26.4. The molecule has 0 aliphatic carbocycles. The third kappa shape index (κ3) is 5.87. The van der Waals surface area contributed by atoms with Gasteiger partial charge in [-0.25, -0.2) is 9.98 Å². The minimum atomic E-state index is 0.466. The van der Waals surface area contributed by atoms with Crippen LogP contribution in [0.5, 0.6) is 0 Å². The van der Waals surface area contributed by atoms with Crippen LogP contribution in [0.2, 0.25) is 0 Å². The van der Waals surface area contributed by atoms with Crippen LogP contribution in [-0.4, -0.2) is 73.7 Å². The van der Waals surface area contributed by atoms with E-state index >= 15 is 0 Å². The minimum absolute atomic E-state index is 0.466. The third-order valence-electron chi connectivity index (χ3n) is 8.23. The summed E-state index contributed by atoms with van der Waals surface area (Å²) in [5, 5.41) is 0. The van der Waals surface area contributed by atoms with Crippen LogP contribution < -0.4 is 10.6 Å². The van der Waals surface area contributed by atoms with Crippen molar-refractivity contribution in [3.8, 4) is 0 Å². The van der Waals surface area contributed by atoms with E-state index in [4.69, 9.17) is 25.2 Å². The second-order valence-corrected chi connectivity index (χ2v) is 12.1. The molecular formula is C30H38N6O2S. The highest BCUT2D eigenvalue weighted by Gasteiger charge is 2.34. The summed E-state index contributed by atoms with van der Waals surface area (Å²) in [6, 6.07) is 8.15. The number of aliphatic imine (C=N–C) groups is 1. The lowest BCUT2D eigenvalue weighted by Gasteiger charge is -2.44. The quantitative estimate of drug-likeness (QED) is 0.430. The molecule has 0 atom stereocenters. The molecular weight excluding hydrogens is 508 g/mol. The normalized spacial score (nSPS) is 20.3. The van der Waals surface area contributed by atoms with E-state index in [1.54, 1.807) is 6.21 Å². The van der Waals surface area contributed by atoms with E-state index in [0.29, 0.717) is 24.9 Å². The number of ether oxygens (including phenoxy) is 2. The SMILES string of the molecule is Cc1cccc(/C(N)=C/C=N/c2nc(N3CCOCC3)c3sc(CN4CC(C5CCOCC5)C4)c(C)c3n2)c1. The zero-order chi connectivity index (χ0) is 26.8. The summed E-state index contributed by atoms with van der Waals surface area (Å²) < 4.78 is 12.3. The number of nitrogens with two attached hydrogens (primary N) is 1. The maximum Gasteiger partial charge on any atom is 0.251 e. The molecule has 6 rings (SSSR count). The number of benzene rings is 1. The predicted octanol–water partition coefficient (Wildman–Crippen LogP) is 4.71. The maximum atomic E-state index is 6.31. The van der Waals surface area contributed by atoms with Crippen molar-refractivity contribution in [2.75, 3.05) is 57.5 Å². The van der Waals surface area contributed by atoms with Crippen molar-refractivity contribution in [3.63, 3.8) is 0 Å². The molecule has 0 spiro atoms. The number of morpholine rings is 1. The Morgan fingerprint density at radius 2 is 1.85 bits per heavy atom. The van der Waals surface area contributed by atoms with Gasteiger partial charge in [0.1, 0.15) is 0 Å². The fraction of sp³-hybridized carbons (Fsp3) is 0.500. The maximum absolute atomic E-state index is 6.31. The molecule has 3 aliphatic rings. The summed E-state index contributed by atoms with van der Waals surface area (Å²) in [6.45, 7) is 12.5. The number of thiophene rings is 1. The van der Waals surface area contributed by atoms with Crippen molar-refractivity contribution < 1.29 is 9.47 Å². The second-order valence-electron chi connectivity index (χ2n) is 10.9. The van der Waals surface area contributed by atoms with Gasteiger partial charge in [0.05, 0.1) is 23.4 Å². The fourth-order valence-electron chi connectivity index (χ4n) is 5.84. The molecule has 2 aromatic heterocycles. The van der Waals surface area contributed by atoms with Crippen LogP contribution in [0.25, 0.3) is 15.9 Å². The molecule has 3 saturated heterocycles. The Kier molecular flexibility index (Phi) is 7.92. The van der Waals surface area contributed by atoms with Crippen molar-refractivity contribution in [2.45, 2.75) is 33.2 Å². The summed E-state index contributed by atoms with van der Waals surface area (Å²) in [5.74, 6) is 3.07. The number of aryl methyl sites for hydroxylation is 2. The average molecular weight is 547 g/mol. The molecule has 8 nitrogen and oxygen atoms in total. The van der Waals surface area contributed by atoms with Crippen LogP contribution in [0.1, 0.15) is 34.4 Å². The lowest BCUT2D eigenvalue weighted by atomic mass is 9.81. The van der Waals surface area contributed by atoms with Gasteiger partial charge in [0, 0.05) is 62.7 Å². The minimum Gasteiger partial charge on any atom is -0.398 e. The Hall–Kier alpha value is -2.85. The van der Waals surface area contributed by atoms with Crippen molar-refractivity contribution in [2.24, 2.45) is 22.6 Å². The number of nitrogens with zero attached hydrogens (tertiary/aromatic N) is 5.